The molecule has 1 atom stereocenters. The molecule has 1 unspecified atom stereocenters. The molecule has 206 valence electrons. The van der Waals surface area contributed by atoms with Crippen molar-refractivity contribution in [2.75, 3.05) is 6.61 Å². The first-order valence-electron chi connectivity index (χ1n) is 14.1. The summed E-state index contributed by atoms with van der Waals surface area (Å²) in [5.41, 5.74) is 9.84. The molecule has 5 rings (SSSR count). The smallest absolute Gasteiger partial charge is 0.316 e. The van der Waals surface area contributed by atoms with Crippen molar-refractivity contribution in [2.45, 2.75) is 91.1 Å². The Balaban J connectivity index is 1.31. The van der Waals surface area contributed by atoms with Crippen LogP contribution in [0.2, 0.25) is 0 Å². The van der Waals surface area contributed by atoms with E-state index in [0.29, 0.717) is 19.0 Å². The number of nitrogens with zero attached hydrogens (tertiary/aromatic N) is 2. The zero-order valence-corrected chi connectivity index (χ0v) is 23.8. The van der Waals surface area contributed by atoms with Crippen LogP contribution in [-0.2, 0) is 24.1 Å². The maximum atomic E-state index is 11.5. The molecule has 6 nitrogen and oxygen atoms in total. The molecule has 1 saturated carbocycles. The molecule has 1 aromatic heterocycles. The van der Waals surface area contributed by atoms with Gasteiger partial charge in [-0.05, 0) is 106 Å². The lowest BCUT2D eigenvalue weighted by atomic mass is 9.87. The van der Waals surface area contributed by atoms with Gasteiger partial charge in [0.2, 0.25) is 0 Å². The van der Waals surface area contributed by atoms with Crippen LogP contribution in [0.25, 0.3) is 11.1 Å². The zero-order valence-electron chi connectivity index (χ0n) is 23.8. The number of aryl methyl sites for hydroxylation is 4. The number of hydrogen-bond acceptors (Lipinski definition) is 5. The van der Waals surface area contributed by atoms with Crippen LogP contribution in [0.3, 0.4) is 0 Å². The molecule has 0 amide bonds. The Hall–Kier alpha value is -3.25. The third-order valence-electron chi connectivity index (χ3n) is 8.73. The SMILES string of the molecule is Cc1nc(OCCC(C)(C)O)nc(C)c1-c1cccc(CCc2ccc3c(c2)CC2(CC2)C3CC(=O)O)c1C. The first-order valence-corrected chi connectivity index (χ1v) is 14.1. The molecular weight excluding hydrogens is 488 g/mol. The van der Waals surface area contributed by atoms with Crippen molar-refractivity contribution in [1.82, 2.24) is 9.97 Å². The fraction of sp³-hybridized carbons (Fsp3) is 0.485. The highest BCUT2D eigenvalue weighted by Gasteiger charge is 2.54. The van der Waals surface area contributed by atoms with Gasteiger partial charge in [-0.3, -0.25) is 4.79 Å². The Morgan fingerprint density at radius 2 is 1.79 bits per heavy atom. The lowest BCUT2D eigenvalue weighted by Crippen LogP contribution is -2.22. The molecule has 0 aliphatic heterocycles. The first-order chi connectivity index (χ1) is 18.5. The van der Waals surface area contributed by atoms with Crippen molar-refractivity contribution in [3.8, 4) is 17.1 Å². The van der Waals surface area contributed by atoms with Crippen LogP contribution in [0.5, 0.6) is 6.01 Å². The Morgan fingerprint density at radius 1 is 1.08 bits per heavy atom. The number of aliphatic carboxylic acids is 1. The van der Waals surface area contributed by atoms with E-state index in [1.165, 1.54) is 27.8 Å². The molecule has 1 spiro atoms. The van der Waals surface area contributed by atoms with Gasteiger partial charge in [-0.1, -0.05) is 36.4 Å². The van der Waals surface area contributed by atoms with Crippen molar-refractivity contribution < 1.29 is 19.7 Å². The molecule has 2 aliphatic rings. The maximum absolute atomic E-state index is 11.5. The van der Waals surface area contributed by atoms with Crippen LogP contribution < -0.4 is 4.74 Å². The molecular formula is C33H40N2O4. The molecule has 3 aromatic rings. The number of ether oxygens (including phenoxy) is 1. The van der Waals surface area contributed by atoms with E-state index >= 15 is 0 Å². The minimum atomic E-state index is -0.788. The van der Waals surface area contributed by atoms with E-state index in [4.69, 9.17) is 4.74 Å². The van der Waals surface area contributed by atoms with Crippen LogP contribution in [0.1, 0.15) is 84.7 Å². The van der Waals surface area contributed by atoms with Gasteiger partial charge >= 0.3 is 12.0 Å². The van der Waals surface area contributed by atoms with Crippen LogP contribution in [0.15, 0.2) is 36.4 Å². The minimum absolute atomic E-state index is 0.171. The molecule has 39 heavy (non-hydrogen) atoms. The minimum Gasteiger partial charge on any atom is -0.481 e. The number of benzene rings is 2. The highest BCUT2D eigenvalue weighted by atomic mass is 16.5. The fourth-order valence-electron chi connectivity index (χ4n) is 6.36. The van der Waals surface area contributed by atoms with E-state index in [2.05, 4.69) is 53.3 Å². The Morgan fingerprint density at radius 3 is 2.44 bits per heavy atom. The van der Waals surface area contributed by atoms with E-state index in [0.717, 1.165) is 54.6 Å². The van der Waals surface area contributed by atoms with Crippen molar-refractivity contribution >= 4 is 5.97 Å². The topological polar surface area (TPSA) is 92.5 Å². The average molecular weight is 529 g/mol. The average Bonchev–Trinajstić information content (AvgIpc) is 3.55. The quantitative estimate of drug-likeness (QED) is 0.321. The lowest BCUT2D eigenvalue weighted by Gasteiger charge is -2.18. The zero-order chi connectivity index (χ0) is 27.9. The molecule has 2 N–H and O–H groups in total. The van der Waals surface area contributed by atoms with E-state index in [1.54, 1.807) is 13.8 Å². The van der Waals surface area contributed by atoms with Crippen LogP contribution in [0, 0.1) is 26.2 Å². The molecule has 0 radical (unpaired) electrons. The molecule has 2 aliphatic carbocycles. The van der Waals surface area contributed by atoms with E-state index in [9.17, 15) is 15.0 Å². The van der Waals surface area contributed by atoms with Gasteiger partial charge in [0.05, 0.1) is 30.0 Å². The number of carbonyl (C=O) groups is 1. The van der Waals surface area contributed by atoms with Gasteiger partial charge in [-0.15, -0.1) is 0 Å². The van der Waals surface area contributed by atoms with Crippen LogP contribution in [-0.4, -0.2) is 38.4 Å². The van der Waals surface area contributed by atoms with Gasteiger partial charge in [0.25, 0.3) is 0 Å². The van der Waals surface area contributed by atoms with E-state index in [1.807, 2.05) is 13.8 Å². The molecule has 0 saturated heterocycles. The predicted molar refractivity (Wildman–Crippen MR) is 152 cm³/mol. The lowest BCUT2D eigenvalue weighted by molar-refractivity contribution is -0.137. The maximum Gasteiger partial charge on any atom is 0.316 e. The molecule has 2 aromatic carbocycles. The van der Waals surface area contributed by atoms with Gasteiger partial charge < -0.3 is 14.9 Å². The monoisotopic (exact) mass is 528 g/mol. The largest absolute Gasteiger partial charge is 0.481 e. The summed E-state index contributed by atoms with van der Waals surface area (Å²) in [7, 11) is 0. The van der Waals surface area contributed by atoms with Crippen molar-refractivity contribution in [1.29, 1.82) is 0 Å². The number of carboxylic acid groups (broad SMARTS) is 1. The van der Waals surface area contributed by atoms with Crippen LogP contribution >= 0.6 is 0 Å². The number of aromatic nitrogens is 2. The van der Waals surface area contributed by atoms with E-state index < -0.39 is 11.6 Å². The molecule has 6 heteroatoms. The number of aliphatic hydroxyl groups is 1. The van der Waals surface area contributed by atoms with E-state index in [-0.39, 0.29) is 17.8 Å². The summed E-state index contributed by atoms with van der Waals surface area (Å²) in [5, 5.41) is 19.4. The van der Waals surface area contributed by atoms with Crippen molar-refractivity contribution in [2.24, 2.45) is 5.41 Å². The van der Waals surface area contributed by atoms with Crippen molar-refractivity contribution in [3.63, 3.8) is 0 Å². The standard InChI is InChI=1S/C33H40N2O4/c1-20-24(11-9-23-10-12-27-25(17-23)19-33(13-14-33)28(27)18-29(36)37)7-6-8-26(20)30-21(2)34-31(35-22(30)3)39-16-15-32(4,5)38/h6-8,10,12,17,28,38H,9,11,13-16,18-19H2,1-5H3,(H,36,37). The first kappa shape index (κ1) is 27.3. The third-order valence-corrected chi connectivity index (χ3v) is 8.73. The summed E-state index contributed by atoms with van der Waals surface area (Å²) in [4.78, 5) is 20.7. The fourth-order valence-corrected chi connectivity index (χ4v) is 6.36. The highest BCUT2D eigenvalue weighted by Crippen LogP contribution is 2.64. The second-order valence-corrected chi connectivity index (χ2v) is 12.3. The molecule has 0 bridgehead atoms. The molecule has 1 heterocycles. The highest BCUT2D eigenvalue weighted by molar-refractivity contribution is 5.72. The van der Waals surface area contributed by atoms with Gasteiger partial charge in [-0.2, -0.15) is 9.97 Å². The molecule has 1 fully saturated rings. The Bertz CT molecular complexity index is 1380. The van der Waals surface area contributed by atoms with Gasteiger partial charge in [-0.25, -0.2) is 0 Å². The number of hydrogen-bond donors (Lipinski definition) is 2. The van der Waals surface area contributed by atoms with Crippen LogP contribution in [0.4, 0.5) is 0 Å². The van der Waals surface area contributed by atoms with Gasteiger partial charge in [0.1, 0.15) is 0 Å². The Kier molecular flexibility index (Phi) is 7.27. The van der Waals surface area contributed by atoms with Gasteiger partial charge in [0, 0.05) is 17.9 Å². The summed E-state index contributed by atoms with van der Waals surface area (Å²) in [6.45, 7) is 10.0. The normalized spacial score (nSPS) is 17.3. The predicted octanol–water partition coefficient (Wildman–Crippen LogP) is 6.29. The van der Waals surface area contributed by atoms with Gasteiger partial charge in [0.15, 0.2) is 0 Å². The number of carboxylic acids is 1. The second-order valence-electron chi connectivity index (χ2n) is 12.3. The summed E-state index contributed by atoms with van der Waals surface area (Å²) in [5.74, 6) is -0.521. The second kappa shape index (κ2) is 10.4. The summed E-state index contributed by atoms with van der Waals surface area (Å²) < 4.78 is 5.74. The Labute approximate surface area is 231 Å². The summed E-state index contributed by atoms with van der Waals surface area (Å²) in [6, 6.07) is 13.5. The van der Waals surface area contributed by atoms with Crippen molar-refractivity contribution in [3.05, 3.63) is 75.6 Å². The number of fused-ring (bicyclic) bond motifs is 1. The number of rotatable bonds is 10. The third kappa shape index (κ3) is 5.86. The summed E-state index contributed by atoms with van der Waals surface area (Å²) >= 11 is 0. The summed E-state index contributed by atoms with van der Waals surface area (Å²) in [6.07, 6.45) is 5.95.